The van der Waals surface area contributed by atoms with E-state index in [-0.39, 0.29) is 28.6 Å². The van der Waals surface area contributed by atoms with Crippen LogP contribution in [0.2, 0.25) is 0 Å². The molecule has 5 heteroatoms. The third-order valence-electron chi connectivity index (χ3n) is 3.91. The van der Waals surface area contributed by atoms with Gasteiger partial charge in [0, 0.05) is 50.4 Å². The van der Waals surface area contributed by atoms with Crippen molar-refractivity contribution in [2.45, 2.75) is 54.9 Å². The molecule has 0 aliphatic rings. The van der Waals surface area contributed by atoms with Gasteiger partial charge in [-0.1, -0.05) is 48.5 Å². The molecule has 0 aromatic carbocycles. The van der Waals surface area contributed by atoms with E-state index >= 15 is 0 Å². The number of ether oxygens (including phenoxy) is 1. The fraction of sp³-hybridized carbons (Fsp3) is 0.895. The van der Waals surface area contributed by atoms with Crippen molar-refractivity contribution in [1.82, 2.24) is 9.80 Å². The largest absolute Gasteiger partial charge is 0.380 e. The minimum Gasteiger partial charge on any atom is -0.380 e. The van der Waals surface area contributed by atoms with Crippen molar-refractivity contribution in [2.24, 2.45) is 16.7 Å². The second-order valence-electron chi connectivity index (χ2n) is 8.77. The van der Waals surface area contributed by atoms with Crippen LogP contribution in [-0.4, -0.2) is 62.0 Å². The average molecular weight is 343 g/mol. The third kappa shape index (κ3) is 8.67. The van der Waals surface area contributed by atoms with Crippen LogP contribution in [-0.2, 0) is 14.3 Å². The Bertz CT molecular complexity index is 417. The van der Waals surface area contributed by atoms with Gasteiger partial charge in [-0.3, -0.25) is 9.59 Å². The first-order valence-corrected chi connectivity index (χ1v) is 8.88. The monoisotopic (exact) mass is 342 g/mol. The Morgan fingerprint density at radius 3 is 1.71 bits per heavy atom. The highest BCUT2D eigenvalue weighted by Crippen LogP contribution is 2.22. The van der Waals surface area contributed by atoms with Crippen molar-refractivity contribution in [2.75, 3.05) is 40.4 Å². The lowest BCUT2D eigenvalue weighted by atomic mass is 9.92. The van der Waals surface area contributed by atoms with E-state index in [0.717, 1.165) is 0 Å². The Balaban J connectivity index is 4.41. The Morgan fingerprint density at radius 1 is 0.917 bits per heavy atom. The predicted octanol–water partition coefficient (Wildman–Crippen LogP) is 3.04. The summed E-state index contributed by atoms with van der Waals surface area (Å²) in [5.74, 6) is 0.317. The minimum atomic E-state index is -0.111. The second-order valence-corrected chi connectivity index (χ2v) is 8.77. The molecule has 0 bridgehead atoms. The molecule has 0 fully saturated rings. The molecule has 0 N–H and O–H groups in total. The fourth-order valence-corrected chi connectivity index (χ4v) is 2.86. The number of carbonyl (C=O) groups is 2. The molecular weight excluding hydrogens is 304 g/mol. The molecule has 2 amide bonds. The summed E-state index contributed by atoms with van der Waals surface area (Å²) >= 11 is 0. The molecule has 0 atom stereocenters. The van der Waals surface area contributed by atoms with Gasteiger partial charge in [0.2, 0.25) is 11.8 Å². The maximum Gasteiger partial charge on any atom is 0.224 e. The average Bonchev–Trinajstić information content (AvgIpc) is 2.43. The predicted molar refractivity (Wildman–Crippen MR) is 98.8 cm³/mol. The van der Waals surface area contributed by atoms with Crippen LogP contribution in [0.25, 0.3) is 0 Å². The van der Waals surface area contributed by atoms with Crippen LogP contribution in [0.1, 0.15) is 54.9 Å². The summed E-state index contributed by atoms with van der Waals surface area (Å²) in [6, 6.07) is 0. The lowest BCUT2D eigenvalue weighted by Crippen LogP contribution is -2.41. The lowest BCUT2D eigenvalue weighted by molar-refractivity contribution is -0.135. The van der Waals surface area contributed by atoms with E-state index in [1.54, 1.807) is 9.80 Å². The minimum absolute atomic E-state index is 0.0114. The van der Waals surface area contributed by atoms with Crippen LogP contribution < -0.4 is 0 Å². The molecule has 0 aromatic rings. The first kappa shape index (κ1) is 22.9. The summed E-state index contributed by atoms with van der Waals surface area (Å²) in [5, 5.41) is 0. The molecule has 0 aliphatic carbocycles. The standard InChI is InChI=1S/C19H38N2O3/c1-10-16(22)20(8)11-18(4,5)13-24-14-19(6,7)12-21(9)17(23)15(2)3/h15H,10-14H2,1-9H3. The Kier molecular flexibility index (Phi) is 8.97. The van der Waals surface area contributed by atoms with E-state index in [4.69, 9.17) is 4.74 Å². The van der Waals surface area contributed by atoms with Gasteiger partial charge in [0.15, 0.2) is 0 Å². The summed E-state index contributed by atoms with van der Waals surface area (Å²) in [6.45, 7) is 16.6. The highest BCUT2D eigenvalue weighted by molar-refractivity contribution is 5.77. The lowest BCUT2D eigenvalue weighted by Gasteiger charge is -2.34. The van der Waals surface area contributed by atoms with Gasteiger partial charge in [-0.05, 0) is 0 Å². The summed E-state index contributed by atoms with van der Waals surface area (Å²) in [5.41, 5.74) is -0.212. The maximum atomic E-state index is 12.0. The van der Waals surface area contributed by atoms with Crippen molar-refractivity contribution in [3.05, 3.63) is 0 Å². The third-order valence-corrected chi connectivity index (χ3v) is 3.91. The van der Waals surface area contributed by atoms with E-state index in [0.29, 0.717) is 32.7 Å². The molecule has 0 saturated heterocycles. The first-order chi connectivity index (χ1) is 10.8. The zero-order valence-electron chi connectivity index (χ0n) is 17.2. The molecule has 24 heavy (non-hydrogen) atoms. The Hall–Kier alpha value is -1.10. The molecule has 0 saturated carbocycles. The van der Waals surface area contributed by atoms with Gasteiger partial charge in [-0.25, -0.2) is 0 Å². The molecule has 5 nitrogen and oxygen atoms in total. The van der Waals surface area contributed by atoms with Gasteiger partial charge in [0.1, 0.15) is 0 Å². The molecule has 0 unspecified atom stereocenters. The molecule has 0 spiro atoms. The Morgan fingerprint density at radius 2 is 1.33 bits per heavy atom. The van der Waals surface area contributed by atoms with Crippen molar-refractivity contribution < 1.29 is 14.3 Å². The highest BCUT2D eigenvalue weighted by atomic mass is 16.5. The van der Waals surface area contributed by atoms with Crippen LogP contribution in [0, 0.1) is 16.7 Å². The number of hydrogen-bond donors (Lipinski definition) is 0. The van der Waals surface area contributed by atoms with Gasteiger partial charge < -0.3 is 14.5 Å². The first-order valence-electron chi connectivity index (χ1n) is 8.88. The zero-order valence-corrected chi connectivity index (χ0v) is 17.2. The van der Waals surface area contributed by atoms with Crippen molar-refractivity contribution in [3.63, 3.8) is 0 Å². The molecular formula is C19H38N2O3. The fourth-order valence-electron chi connectivity index (χ4n) is 2.86. The van der Waals surface area contributed by atoms with Crippen molar-refractivity contribution in [3.8, 4) is 0 Å². The van der Waals surface area contributed by atoms with Gasteiger partial charge in [-0.2, -0.15) is 0 Å². The van der Waals surface area contributed by atoms with Crippen molar-refractivity contribution in [1.29, 1.82) is 0 Å². The Labute approximate surface area is 148 Å². The molecule has 0 rings (SSSR count). The van der Waals surface area contributed by atoms with Gasteiger partial charge in [0.25, 0.3) is 0 Å². The molecule has 0 aromatic heterocycles. The van der Waals surface area contributed by atoms with E-state index in [1.165, 1.54) is 0 Å². The molecule has 0 radical (unpaired) electrons. The zero-order chi connectivity index (χ0) is 19.1. The molecule has 142 valence electrons. The van der Waals surface area contributed by atoms with E-state index < -0.39 is 0 Å². The summed E-state index contributed by atoms with van der Waals surface area (Å²) in [6.07, 6.45) is 0.524. The van der Waals surface area contributed by atoms with Gasteiger partial charge in [-0.15, -0.1) is 0 Å². The number of hydrogen-bond acceptors (Lipinski definition) is 3. The second kappa shape index (κ2) is 9.40. The van der Waals surface area contributed by atoms with Crippen LogP contribution in [0.4, 0.5) is 0 Å². The molecule has 0 aliphatic heterocycles. The van der Waals surface area contributed by atoms with Crippen LogP contribution >= 0.6 is 0 Å². The molecule has 0 heterocycles. The van der Waals surface area contributed by atoms with E-state index in [2.05, 4.69) is 27.7 Å². The van der Waals surface area contributed by atoms with E-state index in [9.17, 15) is 9.59 Å². The number of amides is 2. The van der Waals surface area contributed by atoms with E-state index in [1.807, 2.05) is 34.9 Å². The summed E-state index contributed by atoms with van der Waals surface area (Å²) in [4.78, 5) is 27.3. The van der Waals surface area contributed by atoms with Gasteiger partial charge >= 0.3 is 0 Å². The van der Waals surface area contributed by atoms with Gasteiger partial charge in [0.05, 0.1) is 13.2 Å². The summed E-state index contributed by atoms with van der Waals surface area (Å²) in [7, 11) is 3.68. The van der Waals surface area contributed by atoms with Crippen LogP contribution in [0.15, 0.2) is 0 Å². The topological polar surface area (TPSA) is 49.9 Å². The summed E-state index contributed by atoms with van der Waals surface area (Å²) < 4.78 is 5.94. The van der Waals surface area contributed by atoms with Crippen LogP contribution in [0.5, 0.6) is 0 Å². The highest BCUT2D eigenvalue weighted by Gasteiger charge is 2.27. The van der Waals surface area contributed by atoms with Crippen molar-refractivity contribution >= 4 is 11.8 Å². The number of rotatable bonds is 10. The smallest absolute Gasteiger partial charge is 0.224 e. The maximum absolute atomic E-state index is 12.0. The SMILES string of the molecule is CCC(=O)N(C)CC(C)(C)COCC(C)(C)CN(C)C(=O)C(C)C. The normalized spacial score (nSPS) is 12.4. The van der Waals surface area contributed by atoms with Crippen LogP contribution in [0.3, 0.4) is 0 Å². The number of carbonyl (C=O) groups excluding carboxylic acids is 2. The number of nitrogens with zero attached hydrogens (tertiary/aromatic N) is 2. The quantitative estimate of drug-likeness (QED) is 0.613.